The second-order valence-corrected chi connectivity index (χ2v) is 7.52. The van der Waals surface area contributed by atoms with Crippen LogP contribution in [0.25, 0.3) is 0 Å². The molecule has 1 saturated heterocycles. The van der Waals surface area contributed by atoms with Crippen molar-refractivity contribution in [3.05, 3.63) is 34.3 Å². The van der Waals surface area contributed by atoms with Crippen molar-refractivity contribution in [2.75, 3.05) is 13.1 Å². The highest BCUT2D eigenvalue weighted by molar-refractivity contribution is 9.10. The van der Waals surface area contributed by atoms with Crippen LogP contribution in [0.15, 0.2) is 28.7 Å². The van der Waals surface area contributed by atoms with Gasteiger partial charge >= 0.3 is 0 Å². The van der Waals surface area contributed by atoms with Crippen molar-refractivity contribution in [1.82, 2.24) is 10.3 Å². The maximum atomic E-state index is 5.90. The van der Waals surface area contributed by atoms with Crippen molar-refractivity contribution in [3.8, 4) is 0 Å². The lowest BCUT2D eigenvalue weighted by Gasteiger charge is -2.43. The molecule has 118 valence electrons. The van der Waals surface area contributed by atoms with Crippen molar-refractivity contribution >= 4 is 15.9 Å². The Morgan fingerprint density at radius 1 is 1.24 bits per heavy atom. The predicted molar refractivity (Wildman–Crippen MR) is 93.1 cm³/mol. The van der Waals surface area contributed by atoms with Gasteiger partial charge in [-0.2, -0.15) is 0 Å². The number of nitrogens with zero attached hydrogens (tertiary/aromatic N) is 1. The topological polar surface area (TPSA) is 41.3 Å². The Labute approximate surface area is 137 Å². The highest BCUT2D eigenvalue weighted by Gasteiger charge is 2.35. The molecule has 1 unspecified atom stereocenters. The van der Waals surface area contributed by atoms with Crippen molar-refractivity contribution in [1.29, 1.82) is 0 Å². The highest BCUT2D eigenvalue weighted by atomic mass is 79.9. The Morgan fingerprint density at radius 3 is 2.48 bits per heavy atom. The Morgan fingerprint density at radius 2 is 1.90 bits per heavy atom. The van der Waals surface area contributed by atoms with Crippen LogP contribution < -0.4 is 11.3 Å². The summed E-state index contributed by atoms with van der Waals surface area (Å²) < 4.78 is 1.13. The molecule has 4 heteroatoms. The smallest absolute Gasteiger partial charge is 0.0429 e. The molecule has 3 N–H and O–H groups in total. The highest BCUT2D eigenvalue weighted by Crippen LogP contribution is 2.26. The number of likely N-dealkylation sites (tertiary alicyclic amines) is 1. The fraction of sp³-hybridized carbons (Fsp3) is 0.647. The molecular formula is C17H28BrN3. The molecule has 1 aromatic rings. The molecule has 0 aliphatic carbocycles. The van der Waals surface area contributed by atoms with Gasteiger partial charge in [0.05, 0.1) is 0 Å². The lowest BCUT2D eigenvalue weighted by molar-refractivity contribution is 0.0835. The third-order valence-corrected chi connectivity index (χ3v) is 5.30. The third-order valence-electron chi connectivity index (χ3n) is 4.80. The zero-order valence-corrected chi connectivity index (χ0v) is 14.8. The lowest BCUT2D eigenvalue weighted by Crippen LogP contribution is -2.60. The number of hydrazine groups is 1. The number of nitrogens with two attached hydrogens (primary N) is 1. The van der Waals surface area contributed by atoms with Gasteiger partial charge in [-0.15, -0.1) is 0 Å². The molecule has 1 aliphatic rings. The van der Waals surface area contributed by atoms with E-state index in [1.54, 1.807) is 0 Å². The van der Waals surface area contributed by atoms with Gasteiger partial charge in [0.25, 0.3) is 0 Å². The van der Waals surface area contributed by atoms with Crippen molar-refractivity contribution in [2.24, 2.45) is 5.84 Å². The van der Waals surface area contributed by atoms with Crippen LogP contribution in [0.3, 0.4) is 0 Å². The molecule has 0 saturated carbocycles. The first-order chi connectivity index (χ1) is 10.0. The van der Waals surface area contributed by atoms with E-state index < -0.39 is 0 Å². The summed E-state index contributed by atoms with van der Waals surface area (Å²) in [6.07, 6.45) is 6.27. The van der Waals surface area contributed by atoms with Gasteiger partial charge in [0.2, 0.25) is 0 Å². The molecular weight excluding hydrogens is 326 g/mol. The molecule has 1 heterocycles. The molecule has 0 aromatic heterocycles. The first-order valence-corrected chi connectivity index (χ1v) is 8.79. The number of nitrogens with one attached hydrogen (secondary N) is 1. The van der Waals surface area contributed by atoms with E-state index in [2.05, 4.69) is 64.4 Å². The molecule has 1 aliphatic heterocycles. The van der Waals surface area contributed by atoms with Crippen molar-refractivity contribution in [3.63, 3.8) is 0 Å². The van der Waals surface area contributed by atoms with E-state index in [1.165, 1.54) is 44.3 Å². The Hall–Kier alpha value is -0.420. The van der Waals surface area contributed by atoms with Gasteiger partial charge in [-0.1, -0.05) is 40.9 Å². The van der Waals surface area contributed by atoms with Gasteiger partial charge in [0.15, 0.2) is 0 Å². The van der Waals surface area contributed by atoms with E-state index in [9.17, 15) is 0 Å². The van der Waals surface area contributed by atoms with Crippen molar-refractivity contribution < 1.29 is 0 Å². The quantitative estimate of drug-likeness (QED) is 0.628. The molecule has 1 aromatic carbocycles. The number of halogens is 1. The minimum atomic E-state index is 0.0570. The SMILES string of the molecule is CC(C)(C(Cc1cccc(Br)c1)NN)N1CCCCCC1. The second kappa shape index (κ2) is 7.73. The van der Waals surface area contributed by atoms with Gasteiger partial charge in [-0.3, -0.25) is 16.2 Å². The van der Waals surface area contributed by atoms with Crippen LogP contribution in [0.4, 0.5) is 0 Å². The molecule has 3 nitrogen and oxygen atoms in total. The molecule has 2 rings (SSSR count). The van der Waals surface area contributed by atoms with Crippen LogP contribution in [0.1, 0.15) is 45.1 Å². The third kappa shape index (κ3) is 4.52. The Bertz CT molecular complexity index is 439. The zero-order valence-electron chi connectivity index (χ0n) is 13.2. The minimum Gasteiger partial charge on any atom is -0.297 e. The zero-order chi connectivity index (χ0) is 15.3. The normalized spacial score (nSPS) is 19.2. The van der Waals surface area contributed by atoms with Gasteiger partial charge in [-0.25, -0.2) is 0 Å². The fourth-order valence-electron chi connectivity index (χ4n) is 3.28. The van der Waals surface area contributed by atoms with Crippen LogP contribution in [0.5, 0.6) is 0 Å². The summed E-state index contributed by atoms with van der Waals surface area (Å²) in [5.74, 6) is 5.90. The fourth-order valence-corrected chi connectivity index (χ4v) is 3.73. The van der Waals surface area contributed by atoms with Gasteiger partial charge < -0.3 is 0 Å². The monoisotopic (exact) mass is 353 g/mol. The second-order valence-electron chi connectivity index (χ2n) is 6.61. The van der Waals surface area contributed by atoms with E-state index in [0.29, 0.717) is 0 Å². The maximum absolute atomic E-state index is 5.90. The van der Waals surface area contributed by atoms with E-state index in [0.717, 1.165) is 10.9 Å². The van der Waals surface area contributed by atoms with E-state index in [1.807, 2.05) is 0 Å². The summed E-state index contributed by atoms with van der Waals surface area (Å²) in [7, 11) is 0. The van der Waals surface area contributed by atoms with Crippen LogP contribution in [0, 0.1) is 0 Å². The molecule has 21 heavy (non-hydrogen) atoms. The summed E-state index contributed by atoms with van der Waals surface area (Å²) in [6.45, 7) is 7.01. The number of rotatable bonds is 5. The van der Waals surface area contributed by atoms with Gasteiger partial charge in [0, 0.05) is 16.1 Å². The number of hydrogen-bond donors (Lipinski definition) is 2. The van der Waals surface area contributed by atoms with E-state index in [-0.39, 0.29) is 11.6 Å². The molecule has 1 atom stereocenters. The maximum Gasteiger partial charge on any atom is 0.0429 e. The average molecular weight is 354 g/mol. The molecule has 0 amide bonds. The molecule has 1 fully saturated rings. The van der Waals surface area contributed by atoms with Crippen LogP contribution in [-0.4, -0.2) is 29.6 Å². The molecule has 0 spiro atoms. The largest absolute Gasteiger partial charge is 0.297 e. The number of benzene rings is 1. The van der Waals surface area contributed by atoms with Crippen molar-refractivity contribution in [2.45, 2.75) is 57.5 Å². The van der Waals surface area contributed by atoms with E-state index in [4.69, 9.17) is 5.84 Å². The summed E-state index contributed by atoms with van der Waals surface area (Å²) in [5.41, 5.74) is 4.44. The van der Waals surface area contributed by atoms with Crippen LogP contribution >= 0.6 is 15.9 Å². The molecule has 0 radical (unpaired) electrons. The summed E-state index contributed by atoms with van der Waals surface area (Å²) in [5, 5.41) is 0. The average Bonchev–Trinajstić information content (AvgIpc) is 2.74. The number of hydrogen-bond acceptors (Lipinski definition) is 3. The first kappa shape index (κ1) is 16.9. The van der Waals surface area contributed by atoms with Crippen LogP contribution in [0.2, 0.25) is 0 Å². The van der Waals surface area contributed by atoms with E-state index >= 15 is 0 Å². The predicted octanol–water partition coefficient (Wildman–Crippen LogP) is 3.48. The molecule has 0 bridgehead atoms. The Balaban J connectivity index is 2.10. The van der Waals surface area contributed by atoms with Gasteiger partial charge in [-0.05, 0) is 63.9 Å². The van der Waals surface area contributed by atoms with Gasteiger partial charge in [0.1, 0.15) is 0 Å². The van der Waals surface area contributed by atoms with Crippen LogP contribution in [-0.2, 0) is 6.42 Å². The Kier molecular flexibility index (Phi) is 6.23. The first-order valence-electron chi connectivity index (χ1n) is 7.99. The summed E-state index contributed by atoms with van der Waals surface area (Å²) in [4.78, 5) is 2.61. The lowest BCUT2D eigenvalue weighted by atomic mass is 9.87. The summed E-state index contributed by atoms with van der Waals surface area (Å²) >= 11 is 3.55. The summed E-state index contributed by atoms with van der Waals surface area (Å²) in [6, 6.07) is 8.75. The minimum absolute atomic E-state index is 0.0570. The standard InChI is InChI=1S/C17H28BrN3/c1-17(2,21-10-5-3-4-6-11-21)16(20-19)13-14-8-7-9-15(18)12-14/h7-9,12,16,20H,3-6,10-11,13,19H2,1-2H3.